The lowest BCUT2D eigenvalue weighted by Crippen LogP contribution is -2.54. The molecule has 3 aliphatic rings. The van der Waals surface area contributed by atoms with E-state index < -0.39 is 10.0 Å². The van der Waals surface area contributed by atoms with Crippen molar-refractivity contribution in [3.05, 3.63) is 29.3 Å². The van der Waals surface area contributed by atoms with E-state index >= 15 is 0 Å². The van der Waals surface area contributed by atoms with E-state index in [4.69, 9.17) is 5.14 Å². The third kappa shape index (κ3) is 3.36. The van der Waals surface area contributed by atoms with Crippen molar-refractivity contribution in [3.63, 3.8) is 0 Å². The molecule has 168 valence electrons. The molecule has 0 heterocycles. The lowest BCUT2D eigenvalue weighted by Gasteiger charge is -2.61. The number of fused-ring (bicyclic) bond motifs is 5. The van der Waals surface area contributed by atoms with Gasteiger partial charge in [0.05, 0.1) is 11.0 Å². The standard InChI is InChI=1S/C25H39NO3S/c1-4-6-7-8-18-16-24(3)21(11-12-22(24)27)25(5-2)14-13-17-15-19(30(26,28)29)9-10-20(17)23(18)25/h9-10,15,18,21-23,27H,4-8,11-14,16H2,1-3H3,(H2,26,28,29)/t18-,21?,22-,23?,24-,25-/m0/s1. The molecule has 0 radical (unpaired) electrons. The molecule has 0 spiro atoms. The first kappa shape index (κ1) is 22.3. The van der Waals surface area contributed by atoms with Gasteiger partial charge in [-0.1, -0.05) is 46.1 Å². The Morgan fingerprint density at radius 1 is 1.20 bits per heavy atom. The summed E-state index contributed by atoms with van der Waals surface area (Å²) in [4.78, 5) is 0.240. The molecule has 1 aromatic carbocycles. The average molecular weight is 434 g/mol. The first-order chi connectivity index (χ1) is 14.2. The zero-order valence-electron chi connectivity index (χ0n) is 18.9. The average Bonchev–Trinajstić information content (AvgIpc) is 3.01. The highest BCUT2D eigenvalue weighted by Gasteiger charge is 2.63. The summed E-state index contributed by atoms with van der Waals surface area (Å²) >= 11 is 0. The minimum absolute atomic E-state index is 0.0153. The number of hydrogen-bond acceptors (Lipinski definition) is 3. The van der Waals surface area contributed by atoms with Gasteiger partial charge in [-0.15, -0.1) is 0 Å². The summed E-state index contributed by atoms with van der Waals surface area (Å²) in [5.74, 6) is 1.55. The molecule has 3 aliphatic carbocycles. The SMILES string of the molecule is CCCCC[C@H]1C[C@@]2(C)C(CC[C@@H]2O)[C@]2(CC)CCc3cc(S(N)(=O)=O)ccc3C12. The van der Waals surface area contributed by atoms with Crippen LogP contribution in [0.4, 0.5) is 0 Å². The van der Waals surface area contributed by atoms with E-state index in [1.54, 1.807) is 6.07 Å². The summed E-state index contributed by atoms with van der Waals surface area (Å²) in [6.07, 6.45) is 11.0. The van der Waals surface area contributed by atoms with Crippen molar-refractivity contribution in [1.29, 1.82) is 0 Å². The Labute approximate surface area is 182 Å². The number of sulfonamides is 1. The van der Waals surface area contributed by atoms with Gasteiger partial charge in [-0.25, -0.2) is 13.6 Å². The molecule has 5 heteroatoms. The second-order valence-electron chi connectivity index (χ2n) is 10.6. The molecule has 30 heavy (non-hydrogen) atoms. The maximum atomic E-state index is 11.9. The first-order valence-corrected chi connectivity index (χ1v) is 13.6. The maximum Gasteiger partial charge on any atom is 0.238 e. The van der Waals surface area contributed by atoms with E-state index in [-0.39, 0.29) is 21.8 Å². The van der Waals surface area contributed by atoms with Crippen molar-refractivity contribution in [1.82, 2.24) is 0 Å². The van der Waals surface area contributed by atoms with Gasteiger partial charge in [0.15, 0.2) is 0 Å². The van der Waals surface area contributed by atoms with E-state index in [0.717, 1.165) is 38.5 Å². The zero-order chi connectivity index (χ0) is 21.7. The Kier molecular flexibility index (Phi) is 5.87. The highest BCUT2D eigenvalue weighted by atomic mass is 32.2. The zero-order valence-corrected chi connectivity index (χ0v) is 19.7. The second kappa shape index (κ2) is 7.90. The quantitative estimate of drug-likeness (QED) is 0.610. The molecule has 1 aromatic rings. The number of nitrogens with two attached hydrogens (primary N) is 1. The van der Waals surface area contributed by atoms with E-state index in [2.05, 4.69) is 26.8 Å². The van der Waals surface area contributed by atoms with Crippen LogP contribution in [-0.4, -0.2) is 19.6 Å². The monoisotopic (exact) mass is 433 g/mol. The summed E-state index contributed by atoms with van der Waals surface area (Å²) in [7, 11) is -3.68. The third-order valence-electron chi connectivity index (χ3n) is 9.25. The molecular formula is C25H39NO3S. The van der Waals surface area contributed by atoms with Gasteiger partial charge < -0.3 is 5.11 Å². The van der Waals surface area contributed by atoms with Gasteiger partial charge >= 0.3 is 0 Å². The lowest BCUT2D eigenvalue weighted by atomic mass is 9.43. The van der Waals surface area contributed by atoms with Gasteiger partial charge in [0, 0.05) is 0 Å². The molecule has 2 saturated carbocycles. The topological polar surface area (TPSA) is 80.4 Å². The summed E-state index contributed by atoms with van der Waals surface area (Å²) in [6, 6.07) is 5.63. The van der Waals surface area contributed by atoms with Gasteiger partial charge in [0.25, 0.3) is 0 Å². The molecule has 2 fully saturated rings. The Morgan fingerprint density at radius 3 is 2.63 bits per heavy atom. The predicted molar refractivity (Wildman–Crippen MR) is 121 cm³/mol. The Hall–Kier alpha value is -0.910. The van der Waals surface area contributed by atoms with E-state index in [1.807, 2.05) is 6.07 Å². The fourth-order valence-electron chi connectivity index (χ4n) is 7.92. The van der Waals surface area contributed by atoms with E-state index in [9.17, 15) is 13.5 Å². The highest BCUT2D eigenvalue weighted by molar-refractivity contribution is 7.89. The molecule has 4 nitrogen and oxygen atoms in total. The highest BCUT2D eigenvalue weighted by Crippen LogP contribution is 2.70. The Bertz CT molecular complexity index is 898. The summed E-state index contributed by atoms with van der Waals surface area (Å²) in [6.45, 7) is 6.95. The molecular weight excluding hydrogens is 394 g/mol. The molecule has 0 amide bonds. The van der Waals surface area contributed by atoms with Gasteiger partial charge in [-0.05, 0) is 96.8 Å². The largest absolute Gasteiger partial charge is 0.393 e. The van der Waals surface area contributed by atoms with Crippen LogP contribution in [0.25, 0.3) is 0 Å². The molecule has 4 rings (SSSR count). The predicted octanol–water partition coefficient (Wildman–Crippen LogP) is 5.14. The third-order valence-corrected chi connectivity index (χ3v) is 10.2. The summed E-state index contributed by atoms with van der Waals surface area (Å²) < 4.78 is 23.9. The van der Waals surface area contributed by atoms with Crippen LogP contribution < -0.4 is 5.14 Å². The van der Waals surface area contributed by atoms with Crippen molar-refractivity contribution in [2.45, 2.75) is 102 Å². The van der Waals surface area contributed by atoms with Crippen molar-refractivity contribution in [3.8, 4) is 0 Å². The second-order valence-corrected chi connectivity index (χ2v) is 12.1. The number of aryl methyl sites for hydroxylation is 1. The smallest absolute Gasteiger partial charge is 0.238 e. The number of primary sulfonamides is 1. The number of unbranched alkanes of at least 4 members (excludes halogenated alkanes) is 2. The number of rotatable bonds is 6. The Morgan fingerprint density at radius 2 is 1.97 bits per heavy atom. The fourth-order valence-corrected chi connectivity index (χ4v) is 8.48. The van der Waals surface area contributed by atoms with Crippen molar-refractivity contribution in [2.24, 2.45) is 27.8 Å². The van der Waals surface area contributed by atoms with Crippen LogP contribution in [-0.2, 0) is 16.4 Å². The van der Waals surface area contributed by atoms with Crippen LogP contribution in [0.5, 0.6) is 0 Å². The minimum Gasteiger partial charge on any atom is -0.393 e. The van der Waals surface area contributed by atoms with Crippen molar-refractivity contribution in [2.75, 3.05) is 0 Å². The van der Waals surface area contributed by atoms with Gasteiger partial charge in [-0.2, -0.15) is 0 Å². The molecule has 0 bridgehead atoms. The van der Waals surface area contributed by atoms with Crippen LogP contribution in [0.1, 0.15) is 95.6 Å². The van der Waals surface area contributed by atoms with Gasteiger partial charge in [0.2, 0.25) is 10.0 Å². The first-order valence-electron chi connectivity index (χ1n) is 12.0. The Balaban J connectivity index is 1.82. The number of hydrogen-bond donors (Lipinski definition) is 2. The molecule has 2 unspecified atom stereocenters. The van der Waals surface area contributed by atoms with Gasteiger partial charge in [0.1, 0.15) is 0 Å². The number of aliphatic hydroxyl groups excluding tert-OH is 1. The maximum absolute atomic E-state index is 11.9. The van der Waals surface area contributed by atoms with Crippen LogP contribution in [0, 0.1) is 22.7 Å². The van der Waals surface area contributed by atoms with Crippen LogP contribution in [0.3, 0.4) is 0 Å². The summed E-state index contributed by atoms with van der Waals surface area (Å²) in [5, 5.41) is 16.4. The molecule has 3 N–H and O–H groups in total. The molecule has 0 aromatic heterocycles. The summed E-state index contributed by atoms with van der Waals surface area (Å²) in [5.41, 5.74) is 2.76. The van der Waals surface area contributed by atoms with Gasteiger partial charge in [-0.3, -0.25) is 0 Å². The van der Waals surface area contributed by atoms with Crippen molar-refractivity contribution >= 4 is 10.0 Å². The van der Waals surface area contributed by atoms with Crippen molar-refractivity contribution < 1.29 is 13.5 Å². The molecule has 6 atom stereocenters. The minimum atomic E-state index is -3.68. The van der Waals surface area contributed by atoms with E-state index in [0.29, 0.717) is 17.8 Å². The number of aliphatic hydroxyl groups is 1. The fraction of sp³-hybridized carbons (Fsp3) is 0.760. The molecule has 0 aliphatic heterocycles. The van der Waals surface area contributed by atoms with E-state index in [1.165, 1.54) is 36.8 Å². The normalized spacial score (nSPS) is 38.0. The lowest BCUT2D eigenvalue weighted by molar-refractivity contribution is -0.105. The number of benzene rings is 1. The van der Waals surface area contributed by atoms with Crippen LogP contribution >= 0.6 is 0 Å². The molecule has 0 saturated heterocycles. The van der Waals surface area contributed by atoms with Crippen LogP contribution in [0.15, 0.2) is 23.1 Å². The van der Waals surface area contributed by atoms with Crippen LogP contribution in [0.2, 0.25) is 0 Å².